The van der Waals surface area contributed by atoms with Crippen molar-refractivity contribution >= 4 is 22.8 Å². The number of carbonyl (C=O) groups is 1. The highest BCUT2D eigenvalue weighted by molar-refractivity contribution is 6.11. The zero-order valence-electron chi connectivity index (χ0n) is 14.7. The number of hydrogen-bond acceptors (Lipinski definition) is 5. The summed E-state index contributed by atoms with van der Waals surface area (Å²) in [6.45, 7) is 2.95. The molecular weight excluding hydrogens is 375 g/mol. The molecule has 0 aliphatic carbocycles. The highest BCUT2D eigenvalue weighted by Crippen LogP contribution is 2.44. The van der Waals surface area contributed by atoms with Crippen molar-refractivity contribution in [3.8, 4) is 17.5 Å². The zero-order valence-corrected chi connectivity index (χ0v) is 14.7. The first-order valence-corrected chi connectivity index (χ1v) is 7.90. The van der Waals surface area contributed by atoms with Gasteiger partial charge in [-0.1, -0.05) is 6.07 Å². The minimum Gasteiger partial charge on any atom is -0.507 e. The van der Waals surface area contributed by atoms with E-state index in [0.717, 1.165) is 10.6 Å². The summed E-state index contributed by atoms with van der Waals surface area (Å²) in [6.07, 6.45) is -4.93. The second kappa shape index (κ2) is 6.16. The van der Waals surface area contributed by atoms with Crippen LogP contribution in [-0.4, -0.2) is 20.6 Å². The van der Waals surface area contributed by atoms with Crippen molar-refractivity contribution < 1.29 is 23.1 Å². The average Bonchev–Trinajstić information content (AvgIpc) is 2.85. The van der Waals surface area contributed by atoms with Crippen LogP contribution in [0.3, 0.4) is 0 Å². The summed E-state index contributed by atoms with van der Waals surface area (Å²) in [5, 5.41) is 19.2. The van der Waals surface area contributed by atoms with Crippen LogP contribution in [0.1, 0.15) is 32.7 Å². The molecule has 3 aromatic rings. The van der Waals surface area contributed by atoms with Gasteiger partial charge in [0.25, 0.3) is 5.91 Å². The van der Waals surface area contributed by atoms with E-state index in [2.05, 4.69) is 4.98 Å². The molecule has 3 rings (SSSR count). The number of amides is 1. The Morgan fingerprint density at radius 1 is 1.29 bits per heavy atom. The first-order valence-electron chi connectivity index (χ1n) is 7.90. The predicted molar refractivity (Wildman–Crippen MR) is 94.9 cm³/mol. The molecule has 7 nitrogen and oxygen atoms in total. The van der Waals surface area contributed by atoms with E-state index in [4.69, 9.17) is 11.5 Å². The highest BCUT2D eigenvalue weighted by Gasteiger charge is 2.39. The molecule has 2 aromatic heterocycles. The fourth-order valence-electron chi connectivity index (χ4n) is 3.17. The van der Waals surface area contributed by atoms with E-state index in [-0.39, 0.29) is 33.7 Å². The van der Waals surface area contributed by atoms with Gasteiger partial charge in [-0.2, -0.15) is 18.4 Å². The Morgan fingerprint density at radius 3 is 2.46 bits per heavy atom. The third-order valence-corrected chi connectivity index (χ3v) is 4.39. The summed E-state index contributed by atoms with van der Waals surface area (Å²) in [5.74, 6) is -2.34. The lowest BCUT2D eigenvalue weighted by atomic mass is 10.1. The fraction of sp³-hybridized carbons (Fsp3) is 0.167. The number of rotatable bonds is 2. The van der Waals surface area contributed by atoms with Crippen molar-refractivity contribution in [3.63, 3.8) is 0 Å². The largest absolute Gasteiger partial charge is 0.507 e. The van der Waals surface area contributed by atoms with Gasteiger partial charge in [0.05, 0.1) is 11.3 Å². The lowest BCUT2D eigenvalue weighted by Gasteiger charge is -2.19. The van der Waals surface area contributed by atoms with E-state index in [0.29, 0.717) is 5.56 Å². The monoisotopic (exact) mass is 389 g/mol. The van der Waals surface area contributed by atoms with Crippen LogP contribution in [-0.2, 0) is 6.18 Å². The van der Waals surface area contributed by atoms with Crippen molar-refractivity contribution in [3.05, 3.63) is 46.1 Å². The molecule has 0 saturated carbocycles. The van der Waals surface area contributed by atoms with Crippen LogP contribution >= 0.6 is 0 Å². The number of alkyl halides is 3. The molecule has 5 N–H and O–H groups in total. The van der Waals surface area contributed by atoms with Crippen LogP contribution < -0.4 is 11.5 Å². The van der Waals surface area contributed by atoms with Crippen molar-refractivity contribution in [2.24, 2.45) is 5.73 Å². The number of primary amides is 1. The summed E-state index contributed by atoms with van der Waals surface area (Å²) in [7, 11) is 0. The molecule has 1 aromatic carbocycles. The second-order valence-electron chi connectivity index (χ2n) is 6.22. The number of phenols is 1. The average molecular weight is 389 g/mol. The number of nitrogens with zero attached hydrogens (tertiary/aromatic N) is 3. The van der Waals surface area contributed by atoms with Gasteiger partial charge in [0.15, 0.2) is 0 Å². The Balaban J connectivity index is 2.61. The number of fused-ring (bicyclic) bond motifs is 1. The molecule has 0 atom stereocenters. The fourth-order valence-corrected chi connectivity index (χ4v) is 3.17. The number of anilines is 1. The Labute approximate surface area is 156 Å². The minimum atomic E-state index is -4.93. The normalized spacial score (nSPS) is 11.6. The Morgan fingerprint density at radius 2 is 1.93 bits per heavy atom. The summed E-state index contributed by atoms with van der Waals surface area (Å²) in [4.78, 5) is 16.0. The maximum atomic E-state index is 13.7. The number of benzene rings is 1. The molecule has 2 heterocycles. The summed E-state index contributed by atoms with van der Waals surface area (Å²) in [6, 6.07) is 5.44. The number of halogens is 3. The Hall–Kier alpha value is -3.74. The van der Waals surface area contributed by atoms with Gasteiger partial charge in [-0.15, -0.1) is 0 Å². The molecule has 0 spiro atoms. The number of phenolic OH excluding ortho intramolecular Hbond substituents is 1. The van der Waals surface area contributed by atoms with Gasteiger partial charge in [-0.3, -0.25) is 9.36 Å². The van der Waals surface area contributed by atoms with Crippen LogP contribution in [0, 0.1) is 25.2 Å². The number of nitrogens with two attached hydrogens (primary N) is 2. The number of nitrogen functional groups attached to an aromatic ring is 1. The smallest absolute Gasteiger partial charge is 0.421 e. The van der Waals surface area contributed by atoms with Crippen LogP contribution in [0.25, 0.3) is 16.7 Å². The quantitative estimate of drug-likeness (QED) is 0.620. The molecule has 144 valence electrons. The molecule has 0 fully saturated rings. The van der Waals surface area contributed by atoms with Crippen LogP contribution in [0.15, 0.2) is 18.2 Å². The second-order valence-corrected chi connectivity index (χ2v) is 6.22. The number of aromatic hydroxyl groups is 1. The maximum absolute atomic E-state index is 13.7. The summed E-state index contributed by atoms with van der Waals surface area (Å²) in [5.41, 5.74) is 9.67. The summed E-state index contributed by atoms with van der Waals surface area (Å²) >= 11 is 0. The molecule has 1 amide bonds. The molecule has 10 heteroatoms. The molecule has 0 aliphatic rings. The number of carbonyl (C=O) groups excluding carboxylic acids is 1. The van der Waals surface area contributed by atoms with Crippen molar-refractivity contribution in [2.75, 3.05) is 5.73 Å². The van der Waals surface area contributed by atoms with Crippen LogP contribution in [0.2, 0.25) is 0 Å². The molecule has 0 bridgehead atoms. The van der Waals surface area contributed by atoms with Gasteiger partial charge in [0.2, 0.25) is 0 Å². The first-order chi connectivity index (χ1) is 13.0. The molecule has 0 saturated heterocycles. The Kier molecular flexibility index (Phi) is 4.19. The first kappa shape index (κ1) is 19.0. The van der Waals surface area contributed by atoms with Gasteiger partial charge < -0.3 is 16.6 Å². The third kappa shape index (κ3) is 2.68. The van der Waals surface area contributed by atoms with Gasteiger partial charge >= 0.3 is 6.18 Å². The SMILES string of the molecule is Cc1cc2c(C(N)=O)c(N)n(-c3c(C)ccc(O)c3C(F)(F)F)c2nc1C#N. The van der Waals surface area contributed by atoms with Gasteiger partial charge in [-0.05, 0) is 37.1 Å². The number of hydrogen-bond donors (Lipinski definition) is 3. The zero-order chi connectivity index (χ0) is 21.0. The standard InChI is InChI=1S/C18H14F3N5O2/c1-7-3-4-11(27)13(18(19,20)21)14(7)26-15(23)12(16(24)28)9-5-8(2)10(6-22)25-17(9)26/h3-5,27H,23H2,1-2H3,(H2,24,28). The molecule has 0 aliphatic heterocycles. The molecule has 0 radical (unpaired) electrons. The van der Waals surface area contributed by atoms with E-state index >= 15 is 0 Å². The van der Waals surface area contributed by atoms with E-state index < -0.39 is 29.1 Å². The lowest BCUT2D eigenvalue weighted by molar-refractivity contribution is -0.138. The van der Waals surface area contributed by atoms with Crippen LogP contribution in [0.4, 0.5) is 19.0 Å². The topological polar surface area (TPSA) is 131 Å². The van der Waals surface area contributed by atoms with Crippen molar-refractivity contribution in [1.82, 2.24) is 9.55 Å². The summed E-state index contributed by atoms with van der Waals surface area (Å²) < 4.78 is 42.0. The number of aromatic nitrogens is 2. The van der Waals surface area contributed by atoms with E-state index in [9.17, 15) is 28.3 Å². The van der Waals surface area contributed by atoms with Gasteiger partial charge in [0.1, 0.15) is 34.5 Å². The van der Waals surface area contributed by atoms with Gasteiger partial charge in [-0.25, -0.2) is 4.98 Å². The van der Waals surface area contributed by atoms with Crippen LogP contribution in [0.5, 0.6) is 5.75 Å². The third-order valence-electron chi connectivity index (χ3n) is 4.39. The highest BCUT2D eigenvalue weighted by atomic mass is 19.4. The molecule has 0 unspecified atom stereocenters. The van der Waals surface area contributed by atoms with E-state index in [1.165, 1.54) is 19.1 Å². The lowest BCUT2D eigenvalue weighted by Crippen LogP contribution is -2.16. The molecule has 28 heavy (non-hydrogen) atoms. The van der Waals surface area contributed by atoms with E-state index in [1.807, 2.05) is 6.07 Å². The van der Waals surface area contributed by atoms with Gasteiger partial charge in [0, 0.05) is 5.39 Å². The van der Waals surface area contributed by atoms with E-state index in [1.54, 1.807) is 6.92 Å². The Bertz CT molecular complexity index is 1190. The number of pyridine rings is 1. The maximum Gasteiger partial charge on any atom is 0.421 e. The minimum absolute atomic E-state index is 0.0476. The number of aryl methyl sites for hydroxylation is 2. The molecular formula is C18H14F3N5O2. The van der Waals surface area contributed by atoms with Crippen molar-refractivity contribution in [2.45, 2.75) is 20.0 Å². The predicted octanol–water partition coefficient (Wildman–Crippen LogP) is 2.92. The van der Waals surface area contributed by atoms with Crippen molar-refractivity contribution in [1.29, 1.82) is 5.26 Å². The number of nitriles is 1.